The van der Waals surface area contributed by atoms with Gasteiger partial charge in [-0.2, -0.15) is 0 Å². The van der Waals surface area contributed by atoms with E-state index in [4.69, 9.17) is 10.5 Å². The zero-order chi connectivity index (χ0) is 13.2. The minimum absolute atomic E-state index is 0.0160. The molecule has 1 aromatic carbocycles. The van der Waals surface area contributed by atoms with Crippen LogP contribution in [-0.2, 0) is 4.79 Å². The molecule has 3 N–H and O–H groups in total. The maximum Gasteiger partial charge on any atom is 0.234 e. The molecule has 1 aromatic rings. The third-order valence-electron chi connectivity index (χ3n) is 2.13. The topological polar surface area (TPSA) is 64.3 Å². The highest BCUT2D eigenvalue weighted by molar-refractivity contribution is 5.77. The van der Waals surface area contributed by atoms with Gasteiger partial charge in [-0.05, 0) is 18.6 Å². The van der Waals surface area contributed by atoms with Crippen molar-refractivity contribution in [2.75, 3.05) is 19.7 Å². The molecule has 96 valence electrons. The van der Waals surface area contributed by atoms with Gasteiger partial charge < -0.3 is 15.8 Å². The number of hydrogen-bond donors (Lipinski definition) is 2. The summed E-state index contributed by atoms with van der Waals surface area (Å²) in [6.07, 6.45) is 0.953. The number of ether oxygens (including phenoxy) is 1. The second kappa shape index (κ2) is 8.15. The standard InChI is InChI=1S/C14H18N2O2/c1-2-10-18-13-8-4-3-6-12(13)7-5-9-16-14(17)11-15/h3-4,6,8H,2,9-11,15H2,1H3,(H,16,17). The molecule has 1 amide bonds. The largest absolute Gasteiger partial charge is 0.492 e. The lowest BCUT2D eigenvalue weighted by molar-refractivity contribution is -0.119. The highest BCUT2D eigenvalue weighted by atomic mass is 16.5. The summed E-state index contributed by atoms with van der Waals surface area (Å²) in [6.45, 7) is 3.00. The fourth-order valence-corrected chi connectivity index (χ4v) is 1.26. The van der Waals surface area contributed by atoms with Crippen LogP contribution in [-0.4, -0.2) is 25.6 Å². The van der Waals surface area contributed by atoms with E-state index in [9.17, 15) is 4.79 Å². The van der Waals surface area contributed by atoms with E-state index in [0.717, 1.165) is 17.7 Å². The fourth-order valence-electron chi connectivity index (χ4n) is 1.26. The van der Waals surface area contributed by atoms with Gasteiger partial charge in [0.15, 0.2) is 0 Å². The lowest BCUT2D eigenvalue weighted by atomic mass is 10.2. The molecule has 0 unspecified atom stereocenters. The lowest BCUT2D eigenvalue weighted by Gasteiger charge is -2.06. The predicted molar refractivity (Wildman–Crippen MR) is 71.2 cm³/mol. The van der Waals surface area contributed by atoms with Crippen LogP contribution in [0.2, 0.25) is 0 Å². The van der Waals surface area contributed by atoms with Gasteiger partial charge in [-0.3, -0.25) is 4.79 Å². The smallest absolute Gasteiger partial charge is 0.234 e. The number of para-hydroxylation sites is 1. The molecule has 0 aromatic heterocycles. The quantitative estimate of drug-likeness (QED) is 0.759. The molecule has 0 saturated heterocycles. The number of hydrogen-bond acceptors (Lipinski definition) is 3. The number of carbonyl (C=O) groups excluding carboxylic acids is 1. The second-order valence-electron chi connectivity index (χ2n) is 3.63. The van der Waals surface area contributed by atoms with Gasteiger partial charge in [-0.25, -0.2) is 0 Å². The number of amides is 1. The Kier molecular flexibility index (Phi) is 6.37. The van der Waals surface area contributed by atoms with Gasteiger partial charge in [0.1, 0.15) is 5.75 Å². The zero-order valence-electron chi connectivity index (χ0n) is 10.5. The molecule has 1 rings (SSSR count). The van der Waals surface area contributed by atoms with E-state index in [1.54, 1.807) is 0 Å². The molecule has 0 heterocycles. The van der Waals surface area contributed by atoms with Crippen LogP contribution in [0.15, 0.2) is 24.3 Å². The van der Waals surface area contributed by atoms with E-state index in [1.165, 1.54) is 0 Å². The number of rotatable bonds is 5. The Balaban J connectivity index is 2.60. The van der Waals surface area contributed by atoms with Crippen LogP contribution >= 0.6 is 0 Å². The first kappa shape index (κ1) is 14.1. The molecule has 4 heteroatoms. The average molecular weight is 246 g/mol. The summed E-state index contributed by atoms with van der Waals surface area (Å²) in [5.41, 5.74) is 5.99. The first-order valence-corrected chi connectivity index (χ1v) is 5.95. The van der Waals surface area contributed by atoms with Gasteiger partial charge in [-0.1, -0.05) is 30.9 Å². The van der Waals surface area contributed by atoms with Crippen molar-refractivity contribution in [2.24, 2.45) is 5.73 Å². The van der Waals surface area contributed by atoms with E-state index in [1.807, 2.05) is 24.3 Å². The molecule has 0 atom stereocenters. The molecule has 0 spiro atoms. The zero-order valence-corrected chi connectivity index (χ0v) is 10.5. The van der Waals surface area contributed by atoms with Gasteiger partial charge in [0, 0.05) is 0 Å². The van der Waals surface area contributed by atoms with Crippen molar-refractivity contribution in [1.82, 2.24) is 5.32 Å². The van der Waals surface area contributed by atoms with Crippen LogP contribution in [0.1, 0.15) is 18.9 Å². The van der Waals surface area contributed by atoms with Crippen molar-refractivity contribution < 1.29 is 9.53 Å². The maximum absolute atomic E-state index is 10.9. The van der Waals surface area contributed by atoms with Gasteiger partial charge in [-0.15, -0.1) is 0 Å². The van der Waals surface area contributed by atoms with Crippen molar-refractivity contribution in [3.05, 3.63) is 29.8 Å². The molecule has 4 nitrogen and oxygen atoms in total. The minimum atomic E-state index is -0.209. The molecule has 0 fully saturated rings. The summed E-state index contributed by atoms with van der Waals surface area (Å²) in [5, 5.41) is 2.59. The van der Waals surface area contributed by atoms with Crippen molar-refractivity contribution in [2.45, 2.75) is 13.3 Å². The molecular formula is C14H18N2O2. The molecule has 18 heavy (non-hydrogen) atoms. The number of carbonyl (C=O) groups is 1. The van der Waals surface area contributed by atoms with E-state index in [0.29, 0.717) is 6.61 Å². The predicted octanol–water partition coefficient (Wildman–Crippen LogP) is 0.902. The van der Waals surface area contributed by atoms with Gasteiger partial charge in [0.2, 0.25) is 5.91 Å². The molecule has 0 saturated carbocycles. The van der Waals surface area contributed by atoms with Crippen LogP contribution in [0, 0.1) is 11.8 Å². The van der Waals surface area contributed by atoms with E-state index in [-0.39, 0.29) is 19.0 Å². The molecule has 0 aliphatic carbocycles. The van der Waals surface area contributed by atoms with E-state index >= 15 is 0 Å². The van der Waals surface area contributed by atoms with Crippen LogP contribution in [0.4, 0.5) is 0 Å². The van der Waals surface area contributed by atoms with Crippen LogP contribution in [0.3, 0.4) is 0 Å². The lowest BCUT2D eigenvalue weighted by Crippen LogP contribution is -2.30. The first-order chi connectivity index (χ1) is 8.77. The highest BCUT2D eigenvalue weighted by Crippen LogP contribution is 2.16. The summed E-state index contributed by atoms with van der Waals surface area (Å²) in [6, 6.07) is 7.59. The number of benzene rings is 1. The van der Waals surface area contributed by atoms with E-state index in [2.05, 4.69) is 24.1 Å². The van der Waals surface area contributed by atoms with Crippen molar-refractivity contribution in [3.63, 3.8) is 0 Å². The van der Waals surface area contributed by atoms with Crippen molar-refractivity contribution in [1.29, 1.82) is 0 Å². The summed E-state index contributed by atoms with van der Waals surface area (Å²) in [5.74, 6) is 6.40. The fraction of sp³-hybridized carbons (Fsp3) is 0.357. The Morgan fingerprint density at radius 3 is 2.94 bits per heavy atom. The van der Waals surface area contributed by atoms with Crippen molar-refractivity contribution in [3.8, 4) is 17.6 Å². The van der Waals surface area contributed by atoms with Crippen molar-refractivity contribution >= 4 is 5.91 Å². The second-order valence-corrected chi connectivity index (χ2v) is 3.63. The normalized spacial score (nSPS) is 9.22. The maximum atomic E-state index is 10.9. The SMILES string of the molecule is CCCOc1ccccc1C#CCNC(=O)CN. The third-order valence-corrected chi connectivity index (χ3v) is 2.13. The molecular weight excluding hydrogens is 228 g/mol. The van der Waals surface area contributed by atoms with E-state index < -0.39 is 0 Å². The third kappa shape index (κ3) is 4.89. The summed E-state index contributed by atoms with van der Waals surface area (Å²) in [4.78, 5) is 10.9. The van der Waals surface area contributed by atoms with Gasteiger partial charge >= 0.3 is 0 Å². The monoisotopic (exact) mass is 246 g/mol. The first-order valence-electron chi connectivity index (χ1n) is 5.95. The molecule has 0 bridgehead atoms. The average Bonchev–Trinajstić information content (AvgIpc) is 2.42. The summed E-state index contributed by atoms with van der Waals surface area (Å²) >= 11 is 0. The molecule has 0 aliphatic rings. The summed E-state index contributed by atoms with van der Waals surface area (Å²) < 4.78 is 5.58. The Morgan fingerprint density at radius 1 is 1.44 bits per heavy atom. The highest BCUT2D eigenvalue weighted by Gasteiger charge is 1.98. The van der Waals surface area contributed by atoms with Crippen LogP contribution in [0.25, 0.3) is 0 Å². The Labute approximate surface area is 108 Å². The van der Waals surface area contributed by atoms with Crippen LogP contribution in [0.5, 0.6) is 5.75 Å². The Hall–Kier alpha value is -1.99. The number of nitrogens with one attached hydrogen (secondary N) is 1. The minimum Gasteiger partial charge on any atom is -0.492 e. The van der Waals surface area contributed by atoms with Gasteiger partial charge in [0.05, 0.1) is 25.3 Å². The Morgan fingerprint density at radius 2 is 2.22 bits per heavy atom. The summed E-state index contributed by atoms with van der Waals surface area (Å²) in [7, 11) is 0. The molecule has 0 radical (unpaired) electrons. The molecule has 0 aliphatic heterocycles. The van der Waals surface area contributed by atoms with Gasteiger partial charge in [0.25, 0.3) is 0 Å². The Bertz CT molecular complexity index is 447. The van der Waals surface area contributed by atoms with Crippen LogP contribution < -0.4 is 15.8 Å². The number of nitrogens with two attached hydrogens (primary N) is 1.